The fourth-order valence-electron chi connectivity index (χ4n) is 1.23. The number of amides is 1. The number of hydrogen-bond donors (Lipinski definition) is 1. The van der Waals surface area contributed by atoms with Crippen molar-refractivity contribution in [3.05, 3.63) is 20.3 Å². The maximum absolute atomic E-state index is 11.8. The number of nitrogens with one attached hydrogen (secondary N) is 1. The monoisotopic (exact) mass is 303 g/mol. The minimum Gasteiger partial charge on any atom is -0.342 e. The predicted molar refractivity (Wildman–Crippen MR) is 69.0 cm³/mol. The van der Waals surface area contributed by atoms with E-state index in [0.29, 0.717) is 11.3 Å². The lowest BCUT2D eigenvalue weighted by Crippen LogP contribution is -2.37. The number of carbonyl (C=O) groups excluding carboxylic acids is 2. The molecule has 0 bridgehead atoms. The highest BCUT2D eigenvalue weighted by Crippen LogP contribution is 2.27. The van der Waals surface area contributed by atoms with Gasteiger partial charge in [-0.25, -0.2) is 0 Å². The van der Waals surface area contributed by atoms with Gasteiger partial charge in [-0.3, -0.25) is 9.59 Å². The minimum absolute atomic E-state index is 0.0423. The molecule has 88 valence electrons. The Labute approximate surface area is 107 Å². The molecule has 1 atom stereocenters. The quantitative estimate of drug-likeness (QED) is 0.929. The van der Waals surface area contributed by atoms with E-state index < -0.39 is 6.04 Å². The maximum atomic E-state index is 11.8. The van der Waals surface area contributed by atoms with E-state index in [1.165, 1.54) is 11.3 Å². The number of thiophene rings is 1. The van der Waals surface area contributed by atoms with Crippen molar-refractivity contribution in [2.75, 3.05) is 0 Å². The van der Waals surface area contributed by atoms with Crippen LogP contribution in [0.25, 0.3) is 0 Å². The average molecular weight is 304 g/mol. The number of aryl methyl sites for hydroxylation is 1. The van der Waals surface area contributed by atoms with Crippen LogP contribution in [0.1, 0.15) is 35.5 Å². The van der Waals surface area contributed by atoms with Gasteiger partial charge in [0.05, 0.1) is 14.7 Å². The van der Waals surface area contributed by atoms with Crippen molar-refractivity contribution in [1.82, 2.24) is 5.32 Å². The van der Waals surface area contributed by atoms with Crippen molar-refractivity contribution in [1.29, 1.82) is 0 Å². The van der Waals surface area contributed by atoms with Crippen LogP contribution in [0.2, 0.25) is 0 Å². The van der Waals surface area contributed by atoms with Crippen LogP contribution in [0, 0.1) is 6.92 Å². The SMILES string of the molecule is CCC(=O)C(C)NC(=O)c1cc(C)c(Br)s1. The molecule has 0 radical (unpaired) electrons. The normalized spacial score (nSPS) is 12.2. The maximum Gasteiger partial charge on any atom is 0.261 e. The van der Waals surface area contributed by atoms with E-state index in [4.69, 9.17) is 0 Å². The predicted octanol–water partition coefficient (Wildman–Crippen LogP) is 2.92. The van der Waals surface area contributed by atoms with E-state index in [9.17, 15) is 9.59 Å². The molecule has 0 aromatic carbocycles. The molecule has 1 rings (SSSR count). The molecule has 0 aliphatic rings. The number of hydrogen-bond acceptors (Lipinski definition) is 3. The van der Waals surface area contributed by atoms with Crippen LogP contribution < -0.4 is 5.32 Å². The first kappa shape index (κ1) is 13.4. The summed E-state index contributed by atoms with van der Waals surface area (Å²) in [6.07, 6.45) is 0.439. The Morgan fingerprint density at radius 3 is 2.62 bits per heavy atom. The molecule has 0 aliphatic heterocycles. The second-order valence-electron chi connectivity index (χ2n) is 3.58. The molecule has 1 aromatic heterocycles. The van der Waals surface area contributed by atoms with Crippen LogP contribution in [-0.2, 0) is 4.79 Å². The third-order valence-electron chi connectivity index (χ3n) is 2.26. The zero-order valence-electron chi connectivity index (χ0n) is 9.46. The highest BCUT2D eigenvalue weighted by molar-refractivity contribution is 9.11. The smallest absolute Gasteiger partial charge is 0.261 e. The highest BCUT2D eigenvalue weighted by Gasteiger charge is 2.16. The molecule has 1 heterocycles. The molecule has 0 fully saturated rings. The van der Waals surface area contributed by atoms with Gasteiger partial charge in [0.25, 0.3) is 5.91 Å². The summed E-state index contributed by atoms with van der Waals surface area (Å²) in [5.74, 6) is -0.145. The van der Waals surface area contributed by atoms with Crippen molar-refractivity contribution >= 4 is 39.0 Å². The summed E-state index contributed by atoms with van der Waals surface area (Å²) in [7, 11) is 0. The van der Waals surface area contributed by atoms with Crippen LogP contribution in [0.4, 0.5) is 0 Å². The first-order chi connectivity index (χ1) is 7.45. The Balaban J connectivity index is 2.69. The largest absolute Gasteiger partial charge is 0.342 e. The average Bonchev–Trinajstić information content (AvgIpc) is 2.58. The molecular formula is C11H14BrNO2S. The Hall–Kier alpha value is -0.680. The van der Waals surface area contributed by atoms with Crippen molar-refractivity contribution in [2.24, 2.45) is 0 Å². The molecule has 3 nitrogen and oxygen atoms in total. The van der Waals surface area contributed by atoms with E-state index in [1.807, 2.05) is 13.0 Å². The van der Waals surface area contributed by atoms with Gasteiger partial charge < -0.3 is 5.32 Å². The Morgan fingerprint density at radius 2 is 2.19 bits per heavy atom. The van der Waals surface area contributed by atoms with E-state index in [0.717, 1.165) is 9.35 Å². The summed E-state index contributed by atoms with van der Waals surface area (Å²) in [4.78, 5) is 23.7. The zero-order chi connectivity index (χ0) is 12.3. The molecular weight excluding hydrogens is 290 g/mol. The van der Waals surface area contributed by atoms with Gasteiger partial charge in [-0.05, 0) is 41.4 Å². The van der Waals surface area contributed by atoms with Crippen molar-refractivity contribution in [3.8, 4) is 0 Å². The zero-order valence-corrected chi connectivity index (χ0v) is 11.9. The van der Waals surface area contributed by atoms with Gasteiger partial charge in [0.1, 0.15) is 0 Å². The Bertz CT molecular complexity index is 395. The van der Waals surface area contributed by atoms with Gasteiger partial charge >= 0.3 is 0 Å². The molecule has 1 aromatic rings. The van der Waals surface area contributed by atoms with E-state index >= 15 is 0 Å². The number of Topliss-reactive ketones (excluding diaryl/α,β-unsaturated/α-hetero) is 1. The van der Waals surface area contributed by atoms with E-state index in [-0.39, 0.29) is 11.7 Å². The fourth-order valence-corrected chi connectivity index (χ4v) is 2.66. The van der Waals surface area contributed by atoms with E-state index in [2.05, 4.69) is 21.2 Å². The third-order valence-corrected chi connectivity index (χ3v) is 4.40. The fraction of sp³-hybridized carbons (Fsp3) is 0.455. The van der Waals surface area contributed by atoms with Crippen LogP contribution in [0.15, 0.2) is 9.85 Å². The van der Waals surface area contributed by atoms with Gasteiger partial charge in [0.15, 0.2) is 5.78 Å². The van der Waals surface area contributed by atoms with Crippen LogP contribution >= 0.6 is 27.3 Å². The topological polar surface area (TPSA) is 46.2 Å². The van der Waals surface area contributed by atoms with E-state index in [1.54, 1.807) is 13.8 Å². The third kappa shape index (κ3) is 3.15. The highest BCUT2D eigenvalue weighted by atomic mass is 79.9. The van der Waals surface area contributed by atoms with Gasteiger partial charge in [0, 0.05) is 6.42 Å². The van der Waals surface area contributed by atoms with Gasteiger partial charge in [-0.15, -0.1) is 11.3 Å². The first-order valence-electron chi connectivity index (χ1n) is 5.05. The number of rotatable bonds is 4. The van der Waals surface area contributed by atoms with Gasteiger partial charge in [-0.2, -0.15) is 0 Å². The molecule has 0 saturated heterocycles. The molecule has 0 spiro atoms. The lowest BCUT2D eigenvalue weighted by molar-refractivity contribution is -0.120. The summed E-state index contributed by atoms with van der Waals surface area (Å²) in [5, 5.41) is 2.69. The second kappa shape index (κ2) is 5.59. The van der Waals surface area contributed by atoms with Crippen LogP contribution in [0.3, 0.4) is 0 Å². The van der Waals surface area contributed by atoms with Crippen molar-refractivity contribution in [3.63, 3.8) is 0 Å². The van der Waals surface area contributed by atoms with Crippen LogP contribution in [-0.4, -0.2) is 17.7 Å². The molecule has 1 unspecified atom stereocenters. The summed E-state index contributed by atoms with van der Waals surface area (Å²) >= 11 is 4.74. The van der Waals surface area contributed by atoms with Crippen LogP contribution in [0.5, 0.6) is 0 Å². The lowest BCUT2D eigenvalue weighted by atomic mass is 10.1. The molecule has 1 N–H and O–H groups in total. The standard InChI is InChI=1S/C11H14BrNO2S/c1-4-8(14)7(3)13-11(15)9-5-6(2)10(12)16-9/h5,7H,4H2,1-3H3,(H,13,15). The molecule has 1 amide bonds. The number of carbonyl (C=O) groups is 2. The first-order valence-corrected chi connectivity index (χ1v) is 6.66. The Morgan fingerprint density at radius 1 is 1.56 bits per heavy atom. The molecule has 5 heteroatoms. The van der Waals surface area contributed by atoms with Crippen molar-refractivity contribution < 1.29 is 9.59 Å². The Kier molecular flexibility index (Phi) is 4.68. The number of ketones is 1. The summed E-state index contributed by atoms with van der Waals surface area (Å²) in [6, 6.07) is 1.39. The molecule has 0 saturated carbocycles. The van der Waals surface area contributed by atoms with Gasteiger partial charge in [-0.1, -0.05) is 6.92 Å². The minimum atomic E-state index is -0.418. The molecule has 0 aliphatic carbocycles. The second-order valence-corrected chi connectivity index (χ2v) is 5.95. The summed E-state index contributed by atoms with van der Waals surface area (Å²) in [5.41, 5.74) is 1.03. The molecule has 16 heavy (non-hydrogen) atoms. The summed E-state index contributed by atoms with van der Waals surface area (Å²) < 4.78 is 0.951. The van der Waals surface area contributed by atoms with Crippen molar-refractivity contribution in [2.45, 2.75) is 33.2 Å². The lowest BCUT2D eigenvalue weighted by Gasteiger charge is -2.10. The number of halogens is 1. The summed E-state index contributed by atoms with van der Waals surface area (Å²) in [6.45, 7) is 5.42. The van der Waals surface area contributed by atoms with Gasteiger partial charge in [0.2, 0.25) is 0 Å².